The first kappa shape index (κ1) is 6.75. The molecule has 1 aliphatic heterocycles. The fraction of sp³-hybridized carbons (Fsp3) is 0.857. The molecule has 0 saturated carbocycles. The van der Waals surface area contributed by atoms with Crippen molar-refractivity contribution in [3.63, 3.8) is 0 Å². The minimum atomic E-state index is 0.328. The van der Waals surface area contributed by atoms with E-state index in [2.05, 4.69) is 31.1 Å². The Morgan fingerprint density at radius 1 is 1.56 bits per heavy atom. The van der Waals surface area contributed by atoms with Gasteiger partial charge in [-0.25, -0.2) is 0 Å². The zero-order valence-electron chi connectivity index (χ0n) is 6.31. The smallest absolute Gasteiger partial charge is 0.0967 e. The van der Waals surface area contributed by atoms with E-state index >= 15 is 0 Å². The SMILES string of the molecule is CC1=NC(C)NC(C)C1. The molecule has 1 heterocycles. The van der Waals surface area contributed by atoms with E-state index in [1.807, 2.05) is 0 Å². The molecule has 0 radical (unpaired) electrons. The quantitative estimate of drug-likeness (QED) is 0.517. The summed E-state index contributed by atoms with van der Waals surface area (Å²) in [4.78, 5) is 4.34. The van der Waals surface area contributed by atoms with Gasteiger partial charge in [0.25, 0.3) is 0 Å². The van der Waals surface area contributed by atoms with Crippen LogP contribution in [0.1, 0.15) is 27.2 Å². The Morgan fingerprint density at radius 3 is 2.67 bits per heavy atom. The topological polar surface area (TPSA) is 24.4 Å². The van der Waals surface area contributed by atoms with E-state index in [0.29, 0.717) is 12.2 Å². The zero-order valence-corrected chi connectivity index (χ0v) is 6.31. The molecule has 0 saturated heterocycles. The Balaban J connectivity index is 2.56. The molecule has 0 amide bonds. The summed E-state index contributed by atoms with van der Waals surface area (Å²) in [6, 6.07) is 0.609. The summed E-state index contributed by atoms with van der Waals surface area (Å²) in [5.41, 5.74) is 1.27. The molecule has 2 atom stereocenters. The second kappa shape index (κ2) is 2.48. The number of hydrogen-bond acceptors (Lipinski definition) is 2. The molecule has 1 aliphatic rings. The van der Waals surface area contributed by atoms with Crippen molar-refractivity contribution in [3.8, 4) is 0 Å². The predicted octanol–water partition coefficient (Wildman–Crippen LogP) is 1.18. The summed E-state index contributed by atoms with van der Waals surface area (Å²) in [6.07, 6.45) is 1.43. The molecule has 0 aromatic rings. The summed E-state index contributed by atoms with van der Waals surface area (Å²) in [7, 11) is 0. The molecule has 0 bridgehead atoms. The molecule has 2 unspecified atom stereocenters. The first-order valence-corrected chi connectivity index (χ1v) is 3.48. The molecule has 0 aliphatic carbocycles. The first-order chi connectivity index (χ1) is 4.18. The van der Waals surface area contributed by atoms with E-state index in [-0.39, 0.29) is 0 Å². The van der Waals surface area contributed by atoms with Crippen LogP contribution in [0.25, 0.3) is 0 Å². The molecule has 1 N–H and O–H groups in total. The van der Waals surface area contributed by atoms with Gasteiger partial charge in [-0.3, -0.25) is 10.3 Å². The van der Waals surface area contributed by atoms with Gasteiger partial charge in [0, 0.05) is 18.2 Å². The highest BCUT2D eigenvalue weighted by Gasteiger charge is 2.12. The highest BCUT2D eigenvalue weighted by molar-refractivity contribution is 5.83. The van der Waals surface area contributed by atoms with Gasteiger partial charge in [0.1, 0.15) is 0 Å². The lowest BCUT2D eigenvalue weighted by Gasteiger charge is -2.22. The average molecular weight is 126 g/mol. The molecular formula is C7H14N2. The maximum absolute atomic E-state index is 4.34. The molecule has 9 heavy (non-hydrogen) atoms. The van der Waals surface area contributed by atoms with Gasteiger partial charge in [-0.15, -0.1) is 0 Å². The van der Waals surface area contributed by atoms with Crippen LogP contribution in [0.5, 0.6) is 0 Å². The van der Waals surface area contributed by atoms with Crippen molar-refractivity contribution in [2.24, 2.45) is 4.99 Å². The molecule has 52 valence electrons. The van der Waals surface area contributed by atoms with Crippen molar-refractivity contribution in [1.29, 1.82) is 0 Å². The van der Waals surface area contributed by atoms with Gasteiger partial charge in [-0.05, 0) is 20.8 Å². The van der Waals surface area contributed by atoms with E-state index < -0.39 is 0 Å². The fourth-order valence-corrected chi connectivity index (χ4v) is 1.33. The van der Waals surface area contributed by atoms with Gasteiger partial charge < -0.3 is 0 Å². The summed E-state index contributed by atoms with van der Waals surface area (Å²) in [5, 5.41) is 3.32. The fourth-order valence-electron chi connectivity index (χ4n) is 1.33. The molecule has 2 nitrogen and oxygen atoms in total. The second-order valence-electron chi connectivity index (χ2n) is 2.81. The lowest BCUT2D eigenvalue weighted by molar-refractivity contribution is 0.464. The van der Waals surface area contributed by atoms with Crippen molar-refractivity contribution in [2.45, 2.75) is 39.4 Å². The van der Waals surface area contributed by atoms with Crippen LogP contribution in [0.2, 0.25) is 0 Å². The summed E-state index contributed by atoms with van der Waals surface area (Å²) >= 11 is 0. The third-order valence-electron chi connectivity index (χ3n) is 1.54. The van der Waals surface area contributed by atoms with Gasteiger partial charge in [-0.1, -0.05) is 0 Å². The molecule has 1 rings (SSSR count). The summed E-state index contributed by atoms with van der Waals surface area (Å²) in [6.45, 7) is 6.36. The van der Waals surface area contributed by atoms with E-state index in [9.17, 15) is 0 Å². The van der Waals surface area contributed by atoms with Gasteiger partial charge in [0.2, 0.25) is 0 Å². The number of aliphatic imine (C=N–C) groups is 1. The molecule has 0 aromatic carbocycles. The van der Waals surface area contributed by atoms with Crippen LogP contribution in [-0.2, 0) is 0 Å². The van der Waals surface area contributed by atoms with Crippen molar-refractivity contribution < 1.29 is 0 Å². The molecule has 2 heteroatoms. The van der Waals surface area contributed by atoms with E-state index in [1.165, 1.54) is 5.71 Å². The van der Waals surface area contributed by atoms with Gasteiger partial charge in [0.15, 0.2) is 0 Å². The van der Waals surface area contributed by atoms with Crippen LogP contribution in [0.3, 0.4) is 0 Å². The number of hydrogen-bond donors (Lipinski definition) is 1. The number of nitrogens with zero attached hydrogens (tertiary/aromatic N) is 1. The summed E-state index contributed by atoms with van der Waals surface area (Å²) in [5.74, 6) is 0. The molecular weight excluding hydrogens is 112 g/mol. The van der Waals surface area contributed by atoms with E-state index in [4.69, 9.17) is 0 Å². The van der Waals surface area contributed by atoms with E-state index in [0.717, 1.165) is 6.42 Å². The third kappa shape index (κ3) is 1.79. The van der Waals surface area contributed by atoms with Crippen molar-refractivity contribution >= 4 is 5.71 Å². The Hall–Kier alpha value is -0.370. The van der Waals surface area contributed by atoms with Gasteiger partial charge >= 0.3 is 0 Å². The minimum Gasteiger partial charge on any atom is -0.293 e. The van der Waals surface area contributed by atoms with Crippen molar-refractivity contribution in [2.75, 3.05) is 0 Å². The monoisotopic (exact) mass is 126 g/mol. The summed E-state index contributed by atoms with van der Waals surface area (Å²) < 4.78 is 0. The minimum absolute atomic E-state index is 0.328. The van der Waals surface area contributed by atoms with Crippen molar-refractivity contribution in [3.05, 3.63) is 0 Å². The highest BCUT2D eigenvalue weighted by atomic mass is 15.1. The lowest BCUT2D eigenvalue weighted by Crippen LogP contribution is -2.39. The van der Waals surface area contributed by atoms with Crippen LogP contribution in [0.15, 0.2) is 4.99 Å². The van der Waals surface area contributed by atoms with Gasteiger partial charge in [0.05, 0.1) is 6.17 Å². The Bertz CT molecular complexity index is 129. The molecule has 0 fully saturated rings. The normalized spacial score (nSPS) is 36.1. The van der Waals surface area contributed by atoms with Crippen LogP contribution in [-0.4, -0.2) is 17.9 Å². The standard InChI is InChI=1S/C7H14N2/c1-5-4-6(2)9-7(3)8-5/h5,7-8H,4H2,1-3H3. The highest BCUT2D eigenvalue weighted by Crippen LogP contribution is 2.03. The Kier molecular flexibility index (Phi) is 1.86. The van der Waals surface area contributed by atoms with Crippen LogP contribution >= 0.6 is 0 Å². The number of rotatable bonds is 0. The Labute approximate surface area is 56.4 Å². The number of nitrogens with one attached hydrogen (secondary N) is 1. The van der Waals surface area contributed by atoms with Crippen molar-refractivity contribution in [1.82, 2.24) is 5.32 Å². The maximum atomic E-state index is 4.34. The average Bonchev–Trinajstić information content (AvgIpc) is 1.59. The lowest BCUT2D eigenvalue weighted by atomic mass is 10.1. The second-order valence-corrected chi connectivity index (χ2v) is 2.81. The zero-order chi connectivity index (χ0) is 6.85. The third-order valence-corrected chi connectivity index (χ3v) is 1.54. The molecule has 0 aromatic heterocycles. The Morgan fingerprint density at radius 2 is 2.22 bits per heavy atom. The molecule has 0 spiro atoms. The predicted molar refractivity (Wildman–Crippen MR) is 39.8 cm³/mol. The van der Waals surface area contributed by atoms with E-state index in [1.54, 1.807) is 0 Å². The van der Waals surface area contributed by atoms with Gasteiger partial charge in [-0.2, -0.15) is 0 Å². The largest absolute Gasteiger partial charge is 0.293 e. The van der Waals surface area contributed by atoms with Crippen LogP contribution < -0.4 is 5.32 Å². The van der Waals surface area contributed by atoms with Crippen LogP contribution in [0, 0.1) is 0 Å². The first-order valence-electron chi connectivity index (χ1n) is 3.48. The van der Waals surface area contributed by atoms with Crippen LogP contribution in [0.4, 0.5) is 0 Å². The maximum Gasteiger partial charge on any atom is 0.0967 e.